The minimum atomic E-state index is -1.13. The van der Waals surface area contributed by atoms with E-state index in [1.165, 1.54) is 0 Å². The average Bonchev–Trinajstić information content (AvgIpc) is 2.41. The summed E-state index contributed by atoms with van der Waals surface area (Å²) in [5.41, 5.74) is 0.447. The van der Waals surface area contributed by atoms with Crippen LogP contribution in [0.1, 0.15) is 15.4 Å². The van der Waals surface area contributed by atoms with Crippen molar-refractivity contribution in [3.8, 4) is 0 Å². The summed E-state index contributed by atoms with van der Waals surface area (Å²) in [6.07, 6.45) is 0. The molecule has 0 aliphatic carbocycles. The molecule has 1 aromatic heterocycles. The SMILES string of the molecule is Cc1[nH]c(=O)sc1C(=O)NCC(=O)O. The van der Waals surface area contributed by atoms with Crippen LogP contribution in [-0.2, 0) is 4.79 Å². The molecule has 0 fully saturated rings. The molecule has 0 saturated carbocycles. The van der Waals surface area contributed by atoms with Crippen LogP contribution >= 0.6 is 11.3 Å². The number of carbonyl (C=O) groups excluding carboxylic acids is 1. The zero-order valence-corrected chi connectivity index (χ0v) is 8.10. The number of nitrogens with one attached hydrogen (secondary N) is 2. The van der Waals surface area contributed by atoms with Gasteiger partial charge in [0.05, 0.1) is 0 Å². The molecule has 0 unspecified atom stereocenters. The molecule has 7 heteroatoms. The zero-order valence-electron chi connectivity index (χ0n) is 7.29. The third-order valence-corrected chi connectivity index (χ3v) is 2.41. The minimum absolute atomic E-state index is 0.219. The Kier molecular flexibility index (Phi) is 3.03. The fourth-order valence-electron chi connectivity index (χ4n) is 0.857. The number of carboxylic acids is 1. The highest BCUT2D eigenvalue weighted by molar-refractivity contribution is 7.11. The number of aromatic amines is 1. The zero-order chi connectivity index (χ0) is 10.7. The monoisotopic (exact) mass is 216 g/mol. The highest BCUT2D eigenvalue weighted by Gasteiger charge is 2.13. The van der Waals surface area contributed by atoms with Gasteiger partial charge in [0.2, 0.25) is 0 Å². The number of aromatic nitrogens is 1. The fourth-order valence-corrected chi connectivity index (χ4v) is 1.62. The van der Waals surface area contributed by atoms with E-state index in [4.69, 9.17) is 5.11 Å². The second kappa shape index (κ2) is 4.05. The van der Waals surface area contributed by atoms with Crippen molar-refractivity contribution in [2.75, 3.05) is 6.54 Å². The molecule has 76 valence electrons. The molecule has 14 heavy (non-hydrogen) atoms. The summed E-state index contributed by atoms with van der Waals surface area (Å²) in [5, 5.41) is 10.5. The van der Waals surface area contributed by atoms with Gasteiger partial charge in [-0.3, -0.25) is 14.4 Å². The van der Waals surface area contributed by atoms with Crippen LogP contribution in [0.5, 0.6) is 0 Å². The topological polar surface area (TPSA) is 99.3 Å². The van der Waals surface area contributed by atoms with Crippen LogP contribution in [0.25, 0.3) is 0 Å². The number of carboxylic acid groups (broad SMARTS) is 1. The third-order valence-electron chi connectivity index (χ3n) is 1.43. The van der Waals surface area contributed by atoms with Crippen molar-refractivity contribution in [1.29, 1.82) is 0 Å². The van der Waals surface area contributed by atoms with E-state index in [9.17, 15) is 14.4 Å². The van der Waals surface area contributed by atoms with E-state index in [2.05, 4.69) is 10.3 Å². The Morgan fingerprint density at radius 2 is 2.21 bits per heavy atom. The summed E-state index contributed by atoms with van der Waals surface area (Å²) < 4.78 is 0. The van der Waals surface area contributed by atoms with E-state index >= 15 is 0 Å². The summed E-state index contributed by atoms with van der Waals surface area (Å²) in [6.45, 7) is 1.12. The van der Waals surface area contributed by atoms with Gasteiger partial charge in [-0.2, -0.15) is 0 Å². The van der Waals surface area contributed by atoms with E-state index in [1.54, 1.807) is 6.92 Å². The van der Waals surface area contributed by atoms with Crippen LogP contribution in [0, 0.1) is 6.92 Å². The molecular weight excluding hydrogens is 208 g/mol. The number of H-pyrrole nitrogens is 1. The Balaban J connectivity index is 2.74. The highest BCUT2D eigenvalue weighted by atomic mass is 32.1. The van der Waals surface area contributed by atoms with Gasteiger partial charge < -0.3 is 15.4 Å². The highest BCUT2D eigenvalue weighted by Crippen LogP contribution is 2.06. The van der Waals surface area contributed by atoms with E-state index in [0.29, 0.717) is 5.69 Å². The van der Waals surface area contributed by atoms with Crippen LogP contribution in [0.2, 0.25) is 0 Å². The molecular formula is C7H8N2O4S. The summed E-state index contributed by atoms with van der Waals surface area (Å²) in [5.74, 6) is -1.67. The van der Waals surface area contributed by atoms with E-state index in [0.717, 1.165) is 11.3 Å². The molecule has 1 amide bonds. The van der Waals surface area contributed by atoms with Crippen molar-refractivity contribution >= 4 is 23.2 Å². The summed E-state index contributed by atoms with van der Waals surface area (Å²) in [7, 11) is 0. The van der Waals surface area contributed by atoms with Gasteiger partial charge in [0.25, 0.3) is 5.91 Å². The largest absolute Gasteiger partial charge is 0.480 e. The van der Waals surface area contributed by atoms with Gasteiger partial charge in [-0.25, -0.2) is 0 Å². The summed E-state index contributed by atoms with van der Waals surface area (Å²) in [6, 6.07) is 0. The standard InChI is InChI=1S/C7H8N2O4S/c1-3-5(14-7(13)9-3)6(12)8-2-4(10)11/h2H2,1H3,(H,8,12)(H,9,13)(H,10,11). The molecule has 1 aromatic rings. The Bertz CT molecular complexity index is 420. The molecule has 6 nitrogen and oxygen atoms in total. The van der Waals surface area contributed by atoms with Crippen molar-refractivity contribution in [2.24, 2.45) is 0 Å². The first-order valence-electron chi connectivity index (χ1n) is 3.70. The molecule has 0 bridgehead atoms. The van der Waals surface area contributed by atoms with Gasteiger partial charge >= 0.3 is 10.8 Å². The maximum atomic E-state index is 11.3. The molecule has 0 spiro atoms. The van der Waals surface area contributed by atoms with Crippen molar-refractivity contribution < 1.29 is 14.7 Å². The number of thiazole rings is 1. The molecule has 0 aliphatic heterocycles. The number of hydrogen-bond acceptors (Lipinski definition) is 4. The Hall–Kier alpha value is -1.63. The maximum absolute atomic E-state index is 11.3. The molecule has 0 aliphatic rings. The second-order valence-electron chi connectivity index (χ2n) is 2.55. The lowest BCUT2D eigenvalue weighted by Crippen LogP contribution is -2.29. The lowest BCUT2D eigenvalue weighted by Gasteiger charge is -1.99. The van der Waals surface area contributed by atoms with Crippen LogP contribution in [-0.4, -0.2) is 28.5 Å². The Morgan fingerprint density at radius 1 is 1.57 bits per heavy atom. The first kappa shape index (κ1) is 10.5. The lowest BCUT2D eigenvalue weighted by molar-refractivity contribution is -0.135. The Morgan fingerprint density at radius 3 is 2.64 bits per heavy atom. The van der Waals surface area contributed by atoms with E-state index in [1.807, 2.05) is 0 Å². The van der Waals surface area contributed by atoms with Gasteiger partial charge in [-0.15, -0.1) is 0 Å². The Labute approximate surface area is 82.6 Å². The molecule has 0 saturated heterocycles. The van der Waals surface area contributed by atoms with Gasteiger partial charge in [0, 0.05) is 5.69 Å². The number of aliphatic carboxylic acids is 1. The van der Waals surface area contributed by atoms with Crippen molar-refractivity contribution in [1.82, 2.24) is 10.3 Å². The molecule has 3 N–H and O–H groups in total. The smallest absolute Gasteiger partial charge is 0.322 e. The summed E-state index contributed by atoms with van der Waals surface area (Å²) in [4.78, 5) is 34.5. The first-order chi connectivity index (χ1) is 6.50. The van der Waals surface area contributed by atoms with Crippen molar-refractivity contribution in [3.05, 3.63) is 20.2 Å². The molecule has 1 rings (SSSR count). The van der Waals surface area contributed by atoms with Crippen LogP contribution in [0.3, 0.4) is 0 Å². The van der Waals surface area contributed by atoms with E-state index in [-0.39, 0.29) is 9.75 Å². The molecule has 0 atom stereocenters. The molecule has 1 heterocycles. The first-order valence-corrected chi connectivity index (χ1v) is 4.52. The van der Waals surface area contributed by atoms with E-state index < -0.39 is 18.4 Å². The van der Waals surface area contributed by atoms with Crippen molar-refractivity contribution in [3.63, 3.8) is 0 Å². The number of hydrogen-bond donors (Lipinski definition) is 3. The fraction of sp³-hybridized carbons (Fsp3) is 0.286. The number of aryl methyl sites for hydroxylation is 1. The predicted molar refractivity (Wildman–Crippen MR) is 49.6 cm³/mol. The van der Waals surface area contributed by atoms with Crippen LogP contribution in [0.4, 0.5) is 0 Å². The normalized spacial score (nSPS) is 9.79. The average molecular weight is 216 g/mol. The second-order valence-corrected chi connectivity index (χ2v) is 3.53. The summed E-state index contributed by atoms with van der Waals surface area (Å²) >= 11 is 0.758. The van der Waals surface area contributed by atoms with Gasteiger partial charge in [0.15, 0.2) is 0 Å². The number of amides is 1. The van der Waals surface area contributed by atoms with Gasteiger partial charge in [-0.05, 0) is 6.92 Å². The van der Waals surface area contributed by atoms with Crippen molar-refractivity contribution in [2.45, 2.75) is 6.92 Å². The molecule has 0 radical (unpaired) electrons. The van der Waals surface area contributed by atoms with Gasteiger partial charge in [0.1, 0.15) is 11.4 Å². The minimum Gasteiger partial charge on any atom is -0.480 e. The predicted octanol–water partition coefficient (Wildman–Crippen LogP) is -0.441. The van der Waals surface area contributed by atoms with Crippen LogP contribution < -0.4 is 10.2 Å². The maximum Gasteiger partial charge on any atom is 0.322 e. The quantitative estimate of drug-likeness (QED) is 0.637. The number of rotatable bonds is 3. The third kappa shape index (κ3) is 2.43. The lowest BCUT2D eigenvalue weighted by atomic mass is 10.4. The van der Waals surface area contributed by atoms with Gasteiger partial charge in [-0.1, -0.05) is 11.3 Å². The van der Waals surface area contributed by atoms with Crippen LogP contribution in [0.15, 0.2) is 4.79 Å². The number of carbonyl (C=O) groups is 2. The molecule has 0 aromatic carbocycles.